The normalized spacial score (nSPS) is 15.7. The number of thiazole rings is 1. The SMILES string of the molecule is Cc1cccc(N2CCN(Cc3cccn3-c3nccs3)CC2)c1C. The van der Waals surface area contributed by atoms with Crippen LogP contribution in [0.3, 0.4) is 0 Å². The van der Waals surface area contributed by atoms with Gasteiger partial charge in [0, 0.05) is 61.9 Å². The van der Waals surface area contributed by atoms with Gasteiger partial charge in [-0.05, 0) is 43.2 Å². The highest BCUT2D eigenvalue weighted by Crippen LogP contribution is 2.24. The predicted octanol–water partition coefficient (Wildman–Crippen LogP) is 3.87. The van der Waals surface area contributed by atoms with Crippen molar-refractivity contribution in [2.45, 2.75) is 20.4 Å². The van der Waals surface area contributed by atoms with Gasteiger partial charge in [0.05, 0.1) is 0 Å². The van der Waals surface area contributed by atoms with Crippen molar-refractivity contribution >= 4 is 17.0 Å². The minimum Gasteiger partial charge on any atom is -0.369 e. The number of rotatable bonds is 4. The molecule has 0 saturated carbocycles. The van der Waals surface area contributed by atoms with Crippen molar-refractivity contribution in [3.63, 3.8) is 0 Å². The Morgan fingerprint density at radius 2 is 1.88 bits per heavy atom. The molecule has 0 N–H and O–H groups in total. The smallest absolute Gasteiger partial charge is 0.193 e. The highest BCUT2D eigenvalue weighted by atomic mass is 32.1. The van der Waals surface area contributed by atoms with E-state index in [1.54, 1.807) is 11.3 Å². The van der Waals surface area contributed by atoms with Gasteiger partial charge in [-0.25, -0.2) is 4.98 Å². The minimum absolute atomic E-state index is 0.979. The van der Waals surface area contributed by atoms with E-state index in [0.29, 0.717) is 0 Å². The summed E-state index contributed by atoms with van der Waals surface area (Å²) in [5, 5.41) is 3.08. The standard InChI is InChI=1S/C20H24N4S/c1-16-5-3-7-19(17(16)2)23-12-10-22(11-13-23)15-18-6-4-9-24(18)20-21-8-14-25-20/h3-9,14H,10-13,15H2,1-2H3. The number of aryl methyl sites for hydroxylation is 1. The monoisotopic (exact) mass is 352 g/mol. The zero-order valence-electron chi connectivity index (χ0n) is 14.9. The van der Waals surface area contributed by atoms with Crippen molar-refractivity contribution < 1.29 is 0 Å². The molecule has 1 saturated heterocycles. The van der Waals surface area contributed by atoms with Crippen LogP contribution >= 0.6 is 11.3 Å². The number of aromatic nitrogens is 2. The number of piperazine rings is 1. The van der Waals surface area contributed by atoms with E-state index in [2.05, 4.69) is 69.7 Å². The molecule has 3 heterocycles. The molecule has 0 aliphatic carbocycles. The van der Waals surface area contributed by atoms with E-state index in [-0.39, 0.29) is 0 Å². The molecule has 25 heavy (non-hydrogen) atoms. The minimum atomic E-state index is 0.979. The number of hydrogen-bond acceptors (Lipinski definition) is 4. The van der Waals surface area contributed by atoms with Crippen molar-refractivity contribution in [2.24, 2.45) is 0 Å². The lowest BCUT2D eigenvalue weighted by Gasteiger charge is -2.37. The van der Waals surface area contributed by atoms with E-state index in [1.165, 1.54) is 22.5 Å². The van der Waals surface area contributed by atoms with Crippen LogP contribution in [0.15, 0.2) is 48.1 Å². The first-order chi connectivity index (χ1) is 12.2. The van der Waals surface area contributed by atoms with Crippen LogP contribution < -0.4 is 4.90 Å². The summed E-state index contributed by atoms with van der Waals surface area (Å²) in [6, 6.07) is 10.9. The van der Waals surface area contributed by atoms with Gasteiger partial charge in [0.1, 0.15) is 0 Å². The molecule has 4 nitrogen and oxygen atoms in total. The van der Waals surface area contributed by atoms with Gasteiger partial charge in [0.15, 0.2) is 5.13 Å². The van der Waals surface area contributed by atoms with Crippen LogP contribution in [0.25, 0.3) is 5.13 Å². The van der Waals surface area contributed by atoms with Crippen LogP contribution in [-0.2, 0) is 6.54 Å². The first kappa shape index (κ1) is 16.4. The Morgan fingerprint density at radius 1 is 1.04 bits per heavy atom. The third kappa shape index (κ3) is 3.34. The molecule has 0 amide bonds. The number of hydrogen-bond donors (Lipinski definition) is 0. The average Bonchev–Trinajstić information content (AvgIpc) is 3.29. The Labute approximate surface area is 153 Å². The van der Waals surface area contributed by atoms with Crippen LogP contribution in [0.2, 0.25) is 0 Å². The topological polar surface area (TPSA) is 24.3 Å². The second-order valence-corrected chi connectivity index (χ2v) is 7.54. The molecule has 130 valence electrons. The molecule has 0 spiro atoms. The van der Waals surface area contributed by atoms with E-state index in [4.69, 9.17) is 0 Å². The third-order valence-electron chi connectivity index (χ3n) is 5.13. The van der Waals surface area contributed by atoms with Gasteiger partial charge in [-0.15, -0.1) is 11.3 Å². The molecular formula is C20H24N4S. The van der Waals surface area contributed by atoms with Crippen LogP contribution in [0.1, 0.15) is 16.8 Å². The van der Waals surface area contributed by atoms with Gasteiger partial charge < -0.3 is 4.90 Å². The maximum Gasteiger partial charge on any atom is 0.193 e. The van der Waals surface area contributed by atoms with Crippen molar-refractivity contribution in [3.8, 4) is 5.13 Å². The lowest BCUT2D eigenvalue weighted by Crippen LogP contribution is -2.46. The maximum atomic E-state index is 4.44. The summed E-state index contributed by atoms with van der Waals surface area (Å²) in [5.74, 6) is 0. The van der Waals surface area contributed by atoms with Crippen molar-refractivity contribution in [1.82, 2.24) is 14.5 Å². The summed E-state index contributed by atoms with van der Waals surface area (Å²) in [7, 11) is 0. The molecule has 1 aliphatic rings. The lowest BCUT2D eigenvalue weighted by atomic mass is 10.1. The fourth-order valence-electron chi connectivity index (χ4n) is 3.52. The molecule has 0 radical (unpaired) electrons. The van der Waals surface area contributed by atoms with Crippen LogP contribution in [0.5, 0.6) is 0 Å². The van der Waals surface area contributed by atoms with E-state index in [9.17, 15) is 0 Å². The Kier molecular flexibility index (Phi) is 4.59. The molecule has 0 atom stereocenters. The summed E-state index contributed by atoms with van der Waals surface area (Å²) in [6.45, 7) is 9.77. The zero-order chi connectivity index (χ0) is 17.2. The maximum absolute atomic E-state index is 4.44. The van der Waals surface area contributed by atoms with Crippen molar-refractivity contribution in [1.29, 1.82) is 0 Å². The van der Waals surface area contributed by atoms with Crippen LogP contribution in [0, 0.1) is 13.8 Å². The van der Waals surface area contributed by atoms with Gasteiger partial charge in [0.2, 0.25) is 0 Å². The average molecular weight is 353 g/mol. The van der Waals surface area contributed by atoms with Gasteiger partial charge in [-0.3, -0.25) is 9.47 Å². The molecule has 1 aliphatic heterocycles. The highest BCUT2D eigenvalue weighted by molar-refractivity contribution is 7.12. The van der Waals surface area contributed by atoms with Gasteiger partial charge in [-0.2, -0.15) is 0 Å². The molecule has 0 bridgehead atoms. The summed E-state index contributed by atoms with van der Waals surface area (Å²) in [6.07, 6.45) is 3.98. The Bertz CT molecular complexity index is 829. The third-order valence-corrected chi connectivity index (χ3v) is 5.90. The van der Waals surface area contributed by atoms with E-state index in [0.717, 1.165) is 37.9 Å². The summed E-state index contributed by atoms with van der Waals surface area (Å²) < 4.78 is 2.21. The summed E-state index contributed by atoms with van der Waals surface area (Å²) >= 11 is 1.68. The lowest BCUT2D eigenvalue weighted by molar-refractivity contribution is 0.246. The quantitative estimate of drug-likeness (QED) is 0.712. The molecule has 2 aromatic heterocycles. The van der Waals surface area contributed by atoms with Crippen molar-refractivity contribution in [2.75, 3.05) is 31.1 Å². The fraction of sp³-hybridized carbons (Fsp3) is 0.350. The number of anilines is 1. The second-order valence-electron chi connectivity index (χ2n) is 6.67. The fourth-order valence-corrected chi connectivity index (χ4v) is 4.18. The molecule has 0 unspecified atom stereocenters. The Morgan fingerprint density at radius 3 is 2.64 bits per heavy atom. The van der Waals surface area contributed by atoms with E-state index >= 15 is 0 Å². The Balaban J connectivity index is 1.42. The van der Waals surface area contributed by atoms with Crippen LogP contribution in [-0.4, -0.2) is 40.6 Å². The largest absolute Gasteiger partial charge is 0.369 e. The first-order valence-corrected chi connectivity index (χ1v) is 9.70. The van der Waals surface area contributed by atoms with Gasteiger partial charge in [0.25, 0.3) is 0 Å². The molecule has 4 rings (SSSR count). The zero-order valence-corrected chi connectivity index (χ0v) is 15.7. The van der Waals surface area contributed by atoms with E-state index in [1.807, 2.05) is 11.6 Å². The molecule has 3 aromatic rings. The summed E-state index contributed by atoms with van der Waals surface area (Å²) in [4.78, 5) is 9.51. The molecule has 1 fully saturated rings. The van der Waals surface area contributed by atoms with Crippen molar-refractivity contribution in [3.05, 3.63) is 64.9 Å². The predicted molar refractivity (Wildman–Crippen MR) is 105 cm³/mol. The van der Waals surface area contributed by atoms with E-state index < -0.39 is 0 Å². The van der Waals surface area contributed by atoms with Crippen LogP contribution in [0.4, 0.5) is 5.69 Å². The van der Waals surface area contributed by atoms with Gasteiger partial charge >= 0.3 is 0 Å². The highest BCUT2D eigenvalue weighted by Gasteiger charge is 2.20. The Hall–Kier alpha value is -2.11. The number of benzene rings is 1. The molecular weight excluding hydrogens is 328 g/mol. The summed E-state index contributed by atoms with van der Waals surface area (Å²) in [5.41, 5.74) is 5.50. The number of nitrogens with zero attached hydrogens (tertiary/aromatic N) is 4. The van der Waals surface area contributed by atoms with Gasteiger partial charge in [-0.1, -0.05) is 12.1 Å². The molecule has 1 aromatic carbocycles. The second kappa shape index (κ2) is 7.02. The first-order valence-electron chi connectivity index (χ1n) is 8.82. The molecule has 5 heteroatoms.